The number of fused-ring (bicyclic) bond motifs is 1. The lowest BCUT2D eigenvalue weighted by molar-refractivity contribution is -0.150. The van der Waals surface area contributed by atoms with E-state index in [-0.39, 0.29) is 11.3 Å². The van der Waals surface area contributed by atoms with E-state index >= 15 is 4.79 Å². The van der Waals surface area contributed by atoms with Crippen LogP contribution in [0.4, 0.5) is 0 Å². The highest BCUT2D eigenvalue weighted by Gasteiger charge is 2.68. The van der Waals surface area contributed by atoms with E-state index in [1.807, 2.05) is 64.2 Å². The van der Waals surface area contributed by atoms with Gasteiger partial charge >= 0.3 is 0 Å². The Morgan fingerprint density at radius 2 is 1.17 bits per heavy atom. The van der Waals surface area contributed by atoms with E-state index in [1.54, 1.807) is 18.9 Å². The van der Waals surface area contributed by atoms with Gasteiger partial charge in [-0.3, -0.25) is 10.1 Å². The zero-order chi connectivity index (χ0) is 36.5. The van der Waals surface area contributed by atoms with Crippen molar-refractivity contribution in [3.05, 3.63) is 215 Å². The third kappa shape index (κ3) is 5.50. The second-order valence-corrected chi connectivity index (χ2v) is 15.0. The minimum absolute atomic E-state index is 0.00240. The maximum Gasteiger partial charge on any atom is 0.244 e. The Morgan fingerprint density at radius 1 is 0.685 bits per heavy atom. The van der Waals surface area contributed by atoms with Crippen molar-refractivity contribution < 1.29 is 9.53 Å². The number of rotatable bonds is 11. The van der Waals surface area contributed by atoms with Gasteiger partial charge in [0.1, 0.15) is 23.2 Å². The Kier molecular flexibility index (Phi) is 8.81. The molecule has 0 spiro atoms. The van der Waals surface area contributed by atoms with Crippen molar-refractivity contribution in [3.8, 4) is 5.75 Å². The molecule has 3 atom stereocenters. The highest BCUT2D eigenvalue weighted by molar-refractivity contribution is 8.01. The molecule has 0 bridgehead atoms. The first-order chi connectivity index (χ1) is 26.6. The normalized spacial score (nSPS) is 18.9. The van der Waals surface area contributed by atoms with Crippen LogP contribution >= 0.6 is 11.8 Å². The number of nitrogens with zero attached hydrogens (tertiary/aromatic N) is 5. The number of hydrogen-bond acceptors (Lipinski definition) is 7. The number of carbonyl (C=O) groups is 1. The van der Waals surface area contributed by atoms with Crippen molar-refractivity contribution in [2.24, 2.45) is 0 Å². The summed E-state index contributed by atoms with van der Waals surface area (Å²) in [5, 5.41) is 17.2. The molecule has 1 aromatic heterocycles. The van der Waals surface area contributed by atoms with E-state index in [1.165, 1.54) is 0 Å². The Labute approximate surface area is 318 Å². The minimum atomic E-state index is -0.826. The standard InChI is InChI=1S/C45H38N6O2S/c1-53-38-29-27-32(28-30-38)31-50-41(47-48-49-50)40-45(36-23-13-5-14-24-36,37-25-15-6-16-26-37)54-43-39(42(52)51(40)43)46-44(33-17-7-2-8-18-33,34-19-9-3-10-20-34)35-21-11-4-12-22-35/h2-30,39-40,43,46H,31H2,1H3. The van der Waals surface area contributed by atoms with Gasteiger partial charge in [0.15, 0.2) is 5.82 Å². The van der Waals surface area contributed by atoms with Gasteiger partial charge in [0.25, 0.3) is 0 Å². The lowest BCUT2D eigenvalue weighted by Gasteiger charge is -2.49. The smallest absolute Gasteiger partial charge is 0.244 e. The number of hydrogen-bond donors (Lipinski definition) is 1. The zero-order valence-electron chi connectivity index (χ0n) is 29.6. The van der Waals surface area contributed by atoms with Crippen molar-refractivity contribution in [2.75, 3.05) is 7.11 Å². The van der Waals surface area contributed by atoms with Crippen LogP contribution in [0, 0.1) is 0 Å². The van der Waals surface area contributed by atoms with Crippen LogP contribution in [0.3, 0.4) is 0 Å². The number of carbonyl (C=O) groups excluding carboxylic acids is 1. The maximum atomic E-state index is 15.2. The molecule has 8 nitrogen and oxygen atoms in total. The number of tetrazole rings is 1. The van der Waals surface area contributed by atoms with Crippen molar-refractivity contribution in [3.63, 3.8) is 0 Å². The molecule has 2 aliphatic heterocycles. The summed E-state index contributed by atoms with van der Waals surface area (Å²) < 4.78 is 6.51. The molecule has 6 aromatic carbocycles. The van der Waals surface area contributed by atoms with Gasteiger partial charge in [-0.25, -0.2) is 4.68 Å². The maximum absolute atomic E-state index is 15.2. The molecule has 54 heavy (non-hydrogen) atoms. The van der Waals surface area contributed by atoms with E-state index < -0.39 is 22.4 Å². The van der Waals surface area contributed by atoms with Crippen molar-refractivity contribution >= 4 is 17.7 Å². The van der Waals surface area contributed by atoms with E-state index in [4.69, 9.17) is 9.84 Å². The molecule has 2 aliphatic rings. The molecule has 3 heterocycles. The number of ether oxygens (including phenoxy) is 1. The molecule has 9 rings (SSSR count). The highest BCUT2D eigenvalue weighted by Crippen LogP contribution is 2.65. The van der Waals surface area contributed by atoms with Crippen molar-refractivity contribution in [1.29, 1.82) is 0 Å². The number of methoxy groups -OCH3 is 1. The Hall–Kier alpha value is -6.03. The lowest BCUT2D eigenvalue weighted by Crippen LogP contribution is -2.70. The number of aromatic nitrogens is 4. The third-order valence-electron chi connectivity index (χ3n) is 10.7. The first-order valence-corrected chi connectivity index (χ1v) is 19.0. The van der Waals surface area contributed by atoms with Crippen LogP contribution in [-0.2, 0) is 21.6 Å². The molecular formula is C45H38N6O2S. The average Bonchev–Trinajstić information content (AvgIpc) is 3.84. The van der Waals surface area contributed by atoms with Crippen LogP contribution in [0.5, 0.6) is 5.75 Å². The molecular weight excluding hydrogens is 689 g/mol. The highest BCUT2D eigenvalue weighted by atomic mass is 32.2. The summed E-state index contributed by atoms with van der Waals surface area (Å²) in [6.45, 7) is 0.431. The molecule has 2 saturated heterocycles. The van der Waals surface area contributed by atoms with E-state index in [2.05, 4.69) is 137 Å². The molecule has 7 aromatic rings. The fraction of sp³-hybridized carbons (Fsp3) is 0.156. The predicted octanol–water partition coefficient (Wildman–Crippen LogP) is 7.58. The summed E-state index contributed by atoms with van der Waals surface area (Å²) in [6.07, 6.45) is 0. The Bertz CT molecular complexity index is 2210. The number of amides is 1. The van der Waals surface area contributed by atoms with Gasteiger partial charge in [-0.05, 0) is 55.9 Å². The Morgan fingerprint density at radius 3 is 1.65 bits per heavy atom. The molecule has 1 N–H and O–H groups in total. The summed E-state index contributed by atoms with van der Waals surface area (Å²) in [6, 6.07) is 59.1. The first-order valence-electron chi connectivity index (χ1n) is 18.1. The predicted molar refractivity (Wildman–Crippen MR) is 211 cm³/mol. The second-order valence-electron chi connectivity index (χ2n) is 13.6. The molecule has 2 fully saturated rings. The monoisotopic (exact) mass is 726 g/mol. The van der Waals surface area contributed by atoms with Gasteiger partial charge in [0.05, 0.1) is 23.9 Å². The van der Waals surface area contributed by atoms with Gasteiger partial charge in [-0.2, -0.15) is 0 Å². The van der Waals surface area contributed by atoms with E-state index in [9.17, 15) is 0 Å². The largest absolute Gasteiger partial charge is 0.497 e. The molecule has 0 radical (unpaired) electrons. The fourth-order valence-corrected chi connectivity index (χ4v) is 10.2. The van der Waals surface area contributed by atoms with E-state index in [0.29, 0.717) is 12.4 Å². The molecule has 266 valence electrons. The summed E-state index contributed by atoms with van der Waals surface area (Å²) in [5.74, 6) is 1.40. The van der Waals surface area contributed by atoms with Gasteiger partial charge < -0.3 is 9.64 Å². The zero-order valence-corrected chi connectivity index (χ0v) is 30.5. The van der Waals surface area contributed by atoms with Crippen molar-refractivity contribution in [2.45, 2.75) is 34.3 Å². The summed E-state index contributed by atoms with van der Waals surface area (Å²) in [7, 11) is 1.66. The van der Waals surface area contributed by atoms with Crippen LogP contribution < -0.4 is 10.1 Å². The van der Waals surface area contributed by atoms with Gasteiger partial charge in [0.2, 0.25) is 5.91 Å². The van der Waals surface area contributed by atoms with Crippen LogP contribution in [0.2, 0.25) is 0 Å². The molecule has 9 heteroatoms. The molecule has 0 saturated carbocycles. The third-order valence-corrected chi connectivity index (χ3v) is 12.6. The summed E-state index contributed by atoms with van der Waals surface area (Å²) in [4.78, 5) is 17.2. The minimum Gasteiger partial charge on any atom is -0.497 e. The number of nitrogens with one attached hydrogen (secondary N) is 1. The first kappa shape index (κ1) is 33.8. The molecule has 1 amide bonds. The number of benzene rings is 6. The van der Waals surface area contributed by atoms with Crippen LogP contribution in [0.25, 0.3) is 0 Å². The molecule has 3 unspecified atom stereocenters. The Balaban J connectivity index is 1.21. The van der Waals surface area contributed by atoms with E-state index in [0.717, 1.165) is 39.1 Å². The number of thioether (sulfide) groups is 1. The van der Waals surface area contributed by atoms with Gasteiger partial charge in [-0.15, -0.1) is 16.9 Å². The van der Waals surface area contributed by atoms with Crippen molar-refractivity contribution in [1.82, 2.24) is 30.4 Å². The summed E-state index contributed by atoms with van der Waals surface area (Å²) >= 11 is 1.80. The SMILES string of the molecule is COc1ccc(Cn2nnnc2C2N3C(=O)C(NC(c4ccccc4)(c4ccccc4)c4ccccc4)C3SC2(c2ccccc2)c2ccccc2)cc1. The topological polar surface area (TPSA) is 85.2 Å². The molecule has 0 aliphatic carbocycles. The van der Waals surface area contributed by atoms with Crippen LogP contribution in [0.15, 0.2) is 176 Å². The quantitative estimate of drug-likeness (QED) is 0.109. The van der Waals surface area contributed by atoms with Crippen LogP contribution in [0.1, 0.15) is 45.2 Å². The van der Waals surface area contributed by atoms with Gasteiger partial charge in [0, 0.05) is 0 Å². The number of β-lactam (4-membered cyclic amide) rings is 1. The lowest BCUT2D eigenvalue weighted by atomic mass is 9.75. The van der Waals surface area contributed by atoms with Crippen LogP contribution in [-0.4, -0.2) is 49.5 Å². The average molecular weight is 727 g/mol. The summed E-state index contributed by atoms with van der Waals surface area (Å²) in [5.41, 5.74) is 5.49. The second kappa shape index (κ2) is 14.1. The van der Waals surface area contributed by atoms with Gasteiger partial charge in [-0.1, -0.05) is 164 Å². The fourth-order valence-electron chi connectivity index (χ4n) is 8.24.